The Morgan fingerprint density at radius 3 is 1.67 bits per heavy atom. The number of hydrazone groups is 1. The normalized spacial score (nSPS) is 13.3. The van der Waals surface area contributed by atoms with Gasteiger partial charge in [-0.15, -0.1) is 5.10 Å². The quantitative estimate of drug-likeness (QED) is 0.0122. The van der Waals surface area contributed by atoms with Gasteiger partial charge in [0.05, 0.1) is 12.2 Å². The Bertz CT molecular complexity index is 2130. The van der Waals surface area contributed by atoms with E-state index >= 15 is 0 Å². The van der Waals surface area contributed by atoms with E-state index in [0.717, 1.165) is 24.5 Å². The summed E-state index contributed by atoms with van der Waals surface area (Å²) in [6.45, 7) is 26.0. The number of nitrogens with two attached hydrogens (primary N) is 3. The van der Waals surface area contributed by atoms with E-state index in [-0.39, 0.29) is 55.3 Å². The molecule has 1 aromatic rings. The Kier molecular flexibility index (Phi) is 31.9. The molecule has 0 saturated carbocycles. The van der Waals surface area contributed by atoms with Gasteiger partial charge in [0.15, 0.2) is 0 Å². The molecule has 0 heterocycles. The van der Waals surface area contributed by atoms with Crippen LogP contribution in [-0.2, 0) is 47.9 Å². The molecular weight excluding hydrogens is 981 g/mol. The van der Waals surface area contributed by atoms with Crippen molar-refractivity contribution < 1.29 is 47.9 Å². The minimum atomic E-state index is -1.63. The van der Waals surface area contributed by atoms with E-state index < -0.39 is 101 Å². The highest BCUT2D eigenvalue weighted by atomic mass is 16.2. The van der Waals surface area contributed by atoms with Crippen LogP contribution in [0.15, 0.2) is 47.6 Å². The molecule has 1 rings (SSSR count). The van der Waals surface area contributed by atoms with Crippen molar-refractivity contribution in [1.82, 2.24) is 47.9 Å². The van der Waals surface area contributed by atoms with Crippen LogP contribution in [0.3, 0.4) is 0 Å². The number of anilines is 1. The van der Waals surface area contributed by atoms with E-state index in [9.17, 15) is 47.9 Å². The van der Waals surface area contributed by atoms with Crippen LogP contribution in [0.1, 0.15) is 135 Å². The van der Waals surface area contributed by atoms with Crippen LogP contribution in [0.25, 0.3) is 0 Å². The summed E-state index contributed by atoms with van der Waals surface area (Å²) in [7, 11) is 0. The SMILES string of the molecule is C=C(C)C(=O)NCCCC.CC(=O)NC(C(=O)NCC(=O)NC(CC(C)C)C(=O)NC(C)(C)C(=O)NC(C(=O)N[C@@H](CCCCNC(=O)/C(N)=N/N(N)c1ccccc1)C(=O)NC(CC(C)C)C(N)=O)C(C)C)C(C)C. The van der Waals surface area contributed by atoms with E-state index in [4.69, 9.17) is 17.3 Å². The first-order valence-corrected chi connectivity index (χ1v) is 25.9. The van der Waals surface area contributed by atoms with Crippen molar-refractivity contribution >= 4 is 70.6 Å². The number of primary amides is 1. The maximum Gasteiger partial charge on any atom is 0.288 e. The fourth-order valence-electron chi connectivity index (χ4n) is 6.90. The number of hydrogen-bond acceptors (Lipinski definition) is 13. The first kappa shape index (κ1) is 68.9. The number of amides is 10. The van der Waals surface area contributed by atoms with Gasteiger partial charge in [-0.2, -0.15) is 5.12 Å². The Morgan fingerprint density at radius 2 is 1.16 bits per heavy atom. The largest absolute Gasteiger partial charge is 0.378 e. The lowest BCUT2D eigenvalue weighted by Crippen LogP contribution is -2.63. The summed E-state index contributed by atoms with van der Waals surface area (Å²) in [6, 6.07) is 3.18. The van der Waals surface area contributed by atoms with Crippen molar-refractivity contribution in [1.29, 1.82) is 0 Å². The molecule has 0 spiro atoms. The summed E-state index contributed by atoms with van der Waals surface area (Å²) in [5, 5.41) is 28.5. The van der Waals surface area contributed by atoms with E-state index in [1.165, 1.54) is 20.8 Å². The van der Waals surface area contributed by atoms with Crippen molar-refractivity contribution in [3.63, 3.8) is 0 Å². The van der Waals surface area contributed by atoms with Crippen LogP contribution in [0.5, 0.6) is 0 Å². The van der Waals surface area contributed by atoms with E-state index in [2.05, 4.69) is 66.5 Å². The van der Waals surface area contributed by atoms with Crippen LogP contribution in [-0.4, -0.2) is 120 Å². The Labute approximate surface area is 449 Å². The summed E-state index contributed by atoms with van der Waals surface area (Å²) in [6.07, 6.45) is 3.24. The number of carbonyl (C=O) groups excluding carboxylic acids is 10. The second-order valence-electron chi connectivity index (χ2n) is 20.7. The minimum Gasteiger partial charge on any atom is -0.378 e. The van der Waals surface area contributed by atoms with E-state index in [1.54, 1.807) is 65.0 Å². The molecule has 0 bridgehead atoms. The molecule has 24 nitrogen and oxygen atoms in total. The van der Waals surface area contributed by atoms with E-state index in [0.29, 0.717) is 24.1 Å². The summed E-state index contributed by atoms with van der Waals surface area (Å²) in [5.41, 5.74) is 10.9. The van der Waals surface area contributed by atoms with Crippen molar-refractivity contribution in [2.24, 2.45) is 46.1 Å². The summed E-state index contributed by atoms with van der Waals surface area (Å²) in [5.74, 6) is -1.41. The average Bonchev–Trinajstić information content (AvgIpc) is 3.32. The molecule has 0 fully saturated rings. The van der Waals surface area contributed by atoms with Crippen molar-refractivity contribution in [3.05, 3.63) is 42.5 Å². The maximum absolute atomic E-state index is 13.9. The third kappa shape index (κ3) is 28.0. The standard InChI is InChI=1S/C44H75N13O9.C8H15NO/c1-24(2)21-31(37(46)60)53-38(61)30(19-15-16-20-48-42(65)36(45)56-57(47)29-17-13-12-14-18-29)52-41(64)35(27(7)8)54-43(66)44(10,11)55-39(62)32(22-25(3)4)51-33(59)23-49-40(63)34(26(5)6)50-28(9)58;1-4-5-6-9-8(10)7(2)3/h12-14,17-18,24-27,30-32,34-35H,15-16,19-23,47H2,1-11H3,(H2,45,56)(H2,46,60)(H,48,65)(H,49,63)(H,50,58)(H,51,59)(H,52,64)(H,53,61)(H,54,66)(H,55,62);2,4-6H2,1,3H3,(H,9,10)/t30-,31?,32?,34?,35?;/m0./s1. The number of nitrogens with zero attached hydrogens (tertiary/aromatic N) is 2. The molecule has 4 unspecified atom stereocenters. The lowest BCUT2D eigenvalue weighted by molar-refractivity contribution is -0.138. The number of unbranched alkanes of at least 4 members (excludes halogenated alkanes) is 2. The number of nitrogens with one attached hydrogen (secondary N) is 9. The van der Waals surface area contributed by atoms with Gasteiger partial charge in [0.2, 0.25) is 59.0 Å². The number of hydrogen-bond donors (Lipinski definition) is 12. The number of hydrazine groups is 1. The van der Waals surface area contributed by atoms with Crippen molar-refractivity contribution in [2.75, 3.05) is 24.8 Å². The summed E-state index contributed by atoms with van der Waals surface area (Å²) < 4.78 is 0. The fraction of sp³-hybridized carbons (Fsp3) is 0.635. The van der Waals surface area contributed by atoms with Gasteiger partial charge in [-0.1, -0.05) is 93.5 Å². The van der Waals surface area contributed by atoms with Gasteiger partial charge < -0.3 is 59.3 Å². The predicted molar refractivity (Wildman–Crippen MR) is 293 cm³/mol. The van der Waals surface area contributed by atoms with Crippen LogP contribution in [0.4, 0.5) is 5.69 Å². The van der Waals surface area contributed by atoms with Crippen LogP contribution >= 0.6 is 0 Å². The highest BCUT2D eigenvalue weighted by Crippen LogP contribution is 2.14. The monoisotopic (exact) mass is 1070 g/mol. The molecule has 76 heavy (non-hydrogen) atoms. The zero-order valence-electron chi connectivity index (χ0n) is 47.1. The molecule has 0 saturated heterocycles. The molecule has 0 aromatic heterocycles. The van der Waals surface area contributed by atoms with Gasteiger partial charge in [0.25, 0.3) is 5.91 Å². The maximum atomic E-state index is 13.9. The van der Waals surface area contributed by atoms with Gasteiger partial charge in [-0.25, -0.2) is 5.84 Å². The molecule has 0 radical (unpaired) electrons. The Morgan fingerprint density at radius 1 is 0.632 bits per heavy atom. The van der Waals surface area contributed by atoms with Crippen molar-refractivity contribution in [3.8, 4) is 0 Å². The van der Waals surface area contributed by atoms with Crippen LogP contribution in [0.2, 0.25) is 0 Å². The lowest BCUT2D eigenvalue weighted by Gasteiger charge is -2.32. The first-order valence-electron chi connectivity index (χ1n) is 25.9. The number of para-hydroxylation sites is 1. The van der Waals surface area contributed by atoms with Gasteiger partial charge in [0.1, 0.15) is 35.7 Å². The molecule has 5 atom stereocenters. The number of carbonyl (C=O) groups is 10. The third-order valence-corrected chi connectivity index (χ3v) is 11.2. The van der Waals surface area contributed by atoms with Gasteiger partial charge >= 0.3 is 0 Å². The highest BCUT2D eigenvalue weighted by Gasteiger charge is 2.37. The molecule has 15 N–H and O–H groups in total. The molecule has 24 heteroatoms. The number of amidine groups is 1. The smallest absolute Gasteiger partial charge is 0.288 e. The highest BCUT2D eigenvalue weighted by molar-refractivity contribution is 6.37. The van der Waals surface area contributed by atoms with Gasteiger partial charge in [0, 0.05) is 25.6 Å². The van der Waals surface area contributed by atoms with Gasteiger partial charge in [-0.3, -0.25) is 47.9 Å². The first-order chi connectivity index (χ1) is 35.3. The Hall–Kier alpha value is -7.11. The van der Waals surface area contributed by atoms with E-state index in [1.807, 2.05) is 27.7 Å². The lowest BCUT2D eigenvalue weighted by atomic mass is 9.97. The molecule has 428 valence electrons. The fourth-order valence-corrected chi connectivity index (χ4v) is 6.90. The van der Waals surface area contributed by atoms with Crippen LogP contribution < -0.4 is 70.3 Å². The molecule has 0 aliphatic heterocycles. The Balaban J connectivity index is 0.00000505. The number of benzene rings is 1. The second kappa shape index (κ2) is 35.2. The minimum absolute atomic E-state index is 0.0109. The number of rotatable bonds is 31. The van der Waals surface area contributed by atoms with Crippen molar-refractivity contribution in [2.45, 2.75) is 171 Å². The van der Waals surface area contributed by atoms with Crippen LogP contribution in [0, 0.1) is 23.7 Å². The van der Waals surface area contributed by atoms with Gasteiger partial charge in [-0.05, 0) is 95.1 Å². The zero-order chi connectivity index (χ0) is 58.5. The molecule has 1 aromatic carbocycles. The molecular formula is C52H90N14O10. The zero-order valence-corrected chi connectivity index (χ0v) is 47.1. The molecule has 0 aliphatic rings. The summed E-state index contributed by atoms with van der Waals surface area (Å²) in [4.78, 5) is 128. The molecule has 10 amide bonds. The average molecular weight is 1070 g/mol. The predicted octanol–water partition coefficient (Wildman–Crippen LogP) is 0.749. The summed E-state index contributed by atoms with van der Waals surface area (Å²) >= 11 is 0. The topological polar surface area (TPSA) is 373 Å². The molecule has 0 aliphatic carbocycles. The third-order valence-electron chi connectivity index (χ3n) is 11.2. The second-order valence-corrected chi connectivity index (χ2v) is 20.7.